The van der Waals surface area contributed by atoms with Crippen LogP contribution >= 0.6 is 0 Å². The molecule has 0 spiro atoms. The molecule has 2 amide bonds. The van der Waals surface area contributed by atoms with Gasteiger partial charge in [-0.2, -0.15) is 0 Å². The molecule has 1 aliphatic rings. The maximum absolute atomic E-state index is 11.2. The van der Waals surface area contributed by atoms with Crippen molar-refractivity contribution in [1.29, 1.82) is 0 Å². The fourth-order valence-electron chi connectivity index (χ4n) is 1.52. The maximum atomic E-state index is 11.2. The number of hydrogen-bond donors (Lipinski definition) is 0. The van der Waals surface area contributed by atoms with Crippen LogP contribution in [0.4, 0.5) is 0 Å². The van der Waals surface area contributed by atoms with Gasteiger partial charge in [0.05, 0.1) is 0 Å². The summed E-state index contributed by atoms with van der Waals surface area (Å²) >= 11 is 0. The van der Waals surface area contributed by atoms with Crippen molar-refractivity contribution in [1.82, 2.24) is 4.90 Å². The van der Waals surface area contributed by atoms with E-state index in [-0.39, 0.29) is 11.8 Å². The van der Waals surface area contributed by atoms with Gasteiger partial charge in [-0.05, 0) is 26.2 Å². The number of carbonyl (C=O) groups excluding carboxylic acids is 2. The van der Waals surface area contributed by atoms with Crippen molar-refractivity contribution >= 4 is 11.8 Å². The highest BCUT2D eigenvalue weighted by atomic mass is 16.2. The molecule has 0 unspecified atom stereocenters. The van der Waals surface area contributed by atoms with Crippen LogP contribution in [-0.2, 0) is 9.59 Å². The van der Waals surface area contributed by atoms with Crippen molar-refractivity contribution in [3.8, 4) is 0 Å². The fourth-order valence-corrected chi connectivity index (χ4v) is 1.52. The Morgan fingerprint density at radius 1 is 1.20 bits per heavy atom. The summed E-state index contributed by atoms with van der Waals surface area (Å²) in [6.07, 6.45) is 6.68. The predicted molar refractivity (Wildman–Crippen MR) is 59.1 cm³/mol. The van der Waals surface area contributed by atoms with E-state index >= 15 is 0 Å². The van der Waals surface area contributed by atoms with Crippen LogP contribution in [0.25, 0.3) is 0 Å². The van der Waals surface area contributed by atoms with E-state index in [9.17, 15) is 9.59 Å². The van der Waals surface area contributed by atoms with Crippen LogP contribution in [0, 0.1) is 0 Å². The molecule has 1 aliphatic heterocycles. The molecule has 15 heavy (non-hydrogen) atoms. The fraction of sp³-hybridized carbons (Fsp3) is 0.500. The lowest BCUT2D eigenvalue weighted by Gasteiger charge is -2.12. The van der Waals surface area contributed by atoms with Gasteiger partial charge in [0.1, 0.15) is 0 Å². The second kappa shape index (κ2) is 5.49. The van der Waals surface area contributed by atoms with Gasteiger partial charge in [-0.15, -0.1) is 6.58 Å². The summed E-state index contributed by atoms with van der Waals surface area (Å²) in [6, 6.07) is 0. The Labute approximate surface area is 90.5 Å². The number of hydrogen-bond acceptors (Lipinski definition) is 2. The molecule has 0 bridgehead atoms. The van der Waals surface area contributed by atoms with Gasteiger partial charge in [-0.1, -0.05) is 12.0 Å². The molecule has 0 saturated carbocycles. The molecule has 0 saturated heterocycles. The Hall–Kier alpha value is -1.38. The largest absolute Gasteiger partial charge is 0.275 e. The van der Waals surface area contributed by atoms with E-state index < -0.39 is 0 Å². The molecule has 0 N–H and O–H groups in total. The normalized spacial score (nSPS) is 15.1. The molecule has 0 aromatic rings. The summed E-state index contributed by atoms with van der Waals surface area (Å²) in [5.41, 5.74) is 1.19. The van der Waals surface area contributed by atoms with Gasteiger partial charge in [0.2, 0.25) is 0 Å². The highest BCUT2D eigenvalue weighted by Crippen LogP contribution is 2.09. The summed E-state index contributed by atoms with van der Waals surface area (Å²) in [7, 11) is 0. The molecule has 1 rings (SSSR count). The van der Waals surface area contributed by atoms with Crippen molar-refractivity contribution in [2.75, 3.05) is 6.54 Å². The minimum Gasteiger partial charge on any atom is -0.275 e. The van der Waals surface area contributed by atoms with Crippen molar-refractivity contribution in [3.05, 3.63) is 24.3 Å². The van der Waals surface area contributed by atoms with Crippen LogP contribution in [0.2, 0.25) is 0 Å². The molecule has 82 valence electrons. The predicted octanol–water partition coefficient (Wildman–Crippen LogP) is 2.05. The summed E-state index contributed by atoms with van der Waals surface area (Å²) in [5, 5.41) is 0. The second-order valence-corrected chi connectivity index (χ2v) is 3.93. The number of allylic oxidation sites excluding steroid dienone is 1. The summed E-state index contributed by atoms with van der Waals surface area (Å²) in [4.78, 5) is 23.6. The summed E-state index contributed by atoms with van der Waals surface area (Å²) < 4.78 is 0. The van der Waals surface area contributed by atoms with Crippen molar-refractivity contribution in [3.63, 3.8) is 0 Å². The highest BCUT2D eigenvalue weighted by molar-refractivity contribution is 6.12. The molecular formula is C12H17NO2. The lowest BCUT2D eigenvalue weighted by Crippen LogP contribution is -2.30. The maximum Gasteiger partial charge on any atom is 0.253 e. The molecule has 0 fully saturated rings. The number of amides is 2. The van der Waals surface area contributed by atoms with Crippen LogP contribution < -0.4 is 0 Å². The van der Waals surface area contributed by atoms with E-state index in [0.717, 1.165) is 25.7 Å². The Morgan fingerprint density at radius 2 is 1.80 bits per heavy atom. The zero-order valence-corrected chi connectivity index (χ0v) is 9.16. The number of imide groups is 1. The summed E-state index contributed by atoms with van der Waals surface area (Å²) in [5.74, 6) is -0.361. The molecule has 0 atom stereocenters. The van der Waals surface area contributed by atoms with Gasteiger partial charge >= 0.3 is 0 Å². The SMILES string of the molecule is C=C(C)CCCCCN1C(=O)C=CC1=O. The molecule has 0 aliphatic carbocycles. The first-order valence-electron chi connectivity index (χ1n) is 5.29. The molecule has 0 aromatic carbocycles. The van der Waals surface area contributed by atoms with Crippen LogP contribution in [0.1, 0.15) is 32.6 Å². The Kier molecular flexibility index (Phi) is 4.28. The van der Waals surface area contributed by atoms with Gasteiger partial charge in [-0.25, -0.2) is 0 Å². The minimum absolute atomic E-state index is 0.181. The van der Waals surface area contributed by atoms with Gasteiger partial charge in [0, 0.05) is 18.7 Å². The van der Waals surface area contributed by atoms with E-state index in [1.54, 1.807) is 0 Å². The molecule has 0 aromatic heterocycles. The standard InChI is InChI=1S/C12H17NO2/c1-10(2)6-4-3-5-9-13-11(14)7-8-12(13)15/h7-8H,1,3-6,9H2,2H3. The molecule has 3 heteroatoms. The zero-order chi connectivity index (χ0) is 11.3. The van der Waals surface area contributed by atoms with Crippen molar-refractivity contribution in [2.24, 2.45) is 0 Å². The first-order valence-corrected chi connectivity index (χ1v) is 5.29. The van der Waals surface area contributed by atoms with Crippen LogP contribution in [-0.4, -0.2) is 23.3 Å². The van der Waals surface area contributed by atoms with Gasteiger partial charge in [-0.3, -0.25) is 14.5 Å². The number of unbranched alkanes of at least 4 members (excludes halogenated alkanes) is 2. The van der Waals surface area contributed by atoms with Crippen molar-refractivity contribution < 1.29 is 9.59 Å². The monoisotopic (exact) mass is 207 g/mol. The lowest BCUT2D eigenvalue weighted by atomic mass is 10.1. The number of carbonyl (C=O) groups is 2. The molecule has 1 heterocycles. The average molecular weight is 207 g/mol. The second-order valence-electron chi connectivity index (χ2n) is 3.93. The quantitative estimate of drug-likeness (QED) is 0.380. The van der Waals surface area contributed by atoms with Crippen LogP contribution in [0.5, 0.6) is 0 Å². The summed E-state index contributed by atoms with van der Waals surface area (Å²) in [6.45, 7) is 6.38. The van der Waals surface area contributed by atoms with E-state index in [1.165, 1.54) is 22.6 Å². The average Bonchev–Trinajstić information content (AvgIpc) is 2.47. The zero-order valence-electron chi connectivity index (χ0n) is 9.16. The number of rotatable bonds is 6. The van der Waals surface area contributed by atoms with Crippen molar-refractivity contribution in [2.45, 2.75) is 32.6 Å². The third-order valence-corrected chi connectivity index (χ3v) is 2.39. The molecular weight excluding hydrogens is 190 g/mol. The van der Waals surface area contributed by atoms with E-state index in [0.29, 0.717) is 6.54 Å². The first-order chi connectivity index (χ1) is 7.11. The third kappa shape index (κ3) is 3.70. The lowest BCUT2D eigenvalue weighted by molar-refractivity contribution is -0.136. The van der Waals surface area contributed by atoms with E-state index in [4.69, 9.17) is 0 Å². The van der Waals surface area contributed by atoms with Gasteiger partial charge in [0.25, 0.3) is 11.8 Å². The Morgan fingerprint density at radius 3 is 2.33 bits per heavy atom. The van der Waals surface area contributed by atoms with Gasteiger partial charge < -0.3 is 0 Å². The van der Waals surface area contributed by atoms with Crippen LogP contribution in [0.15, 0.2) is 24.3 Å². The molecule has 3 nitrogen and oxygen atoms in total. The highest BCUT2D eigenvalue weighted by Gasteiger charge is 2.21. The minimum atomic E-state index is -0.181. The Bertz CT molecular complexity index is 287. The Balaban J connectivity index is 2.13. The van der Waals surface area contributed by atoms with Crippen LogP contribution in [0.3, 0.4) is 0 Å². The van der Waals surface area contributed by atoms with E-state index in [1.807, 2.05) is 6.92 Å². The van der Waals surface area contributed by atoms with E-state index in [2.05, 4.69) is 6.58 Å². The topological polar surface area (TPSA) is 37.4 Å². The molecule has 0 radical (unpaired) electrons. The smallest absolute Gasteiger partial charge is 0.253 e. The number of nitrogens with zero attached hydrogens (tertiary/aromatic N) is 1. The first kappa shape index (κ1) is 11.7. The third-order valence-electron chi connectivity index (χ3n) is 2.39. The van der Waals surface area contributed by atoms with Gasteiger partial charge in [0.15, 0.2) is 0 Å².